The van der Waals surface area contributed by atoms with Crippen molar-refractivity contribution in [2.45, 2.75) is 71.6 Å². The molecule has 1 heterocycles. The van der Waals surface area contributed by atoms with Crippen LogP contribution in [-0.2, 0) is 4.79 Å². The summed E-state index contributed by atoms with van der Waals surface area (Å²) >= 11 is 0. The zero-order chi connectivity index (χ0) is 21.6. The first-order valence-electron chi connectivity index (χ1n) is 12.7. The Hall–Kier alpha value is -1.71. The Kier molecular flexibility index (Phi) is 5.68. The molecule has 1 aromatic heterocycles. The summed E-state index contributed by atoms with van der Waals surface area (Å²) in [5, 5.41) is 10.9. The molecule has 0 spiro atoms. The Morgan fingerprint density at radius 3 is 2.84 bits per heavy atom. The summed E-state index contributed by atoms with van der Waals surface area (Å²) in [5.74, 6) is 5.99. The number of carbonyl (C=O) groups excluding carboxylic acids is 1. The number of carbonyl (C=O) groups is 1. The quantitative estimate of drug-likeness (QED) is 0.576. The van der Waals surface area contributed by atoms with E-state index in [-0.39, 0.29) is 11.3 Å². The number of ketones is 1. The van der Waals surface area contributed by atoms with Gasteiger partial charge in [0.1, 0.15) is 0 Å². The van der Waals surface area contributed by atoms with Gasteiger partial charge in [-0.25, -0.2) is 0 Å². The zero-order valence-corrected chi connectivity index (χ0v) is 19.3. The Labute approximate surface area is 187 Å². The lowest BCUT2D eigenvalue weighted by molar-refractivity contribution is -0.128. The molecule has 4 heteroatoms. The standard InChI is InChI=1S/C27H39N3O/c1-17-3-5-20-18(13-17)4-6-22-21(20)9-11-27(2)23(22)7-8-24(27)26(31)16-30-25-15-29-12-10-19(25)14-28/h10,12,14-15,17-18,20-24,28,30H,3-9,11,13,16H2,1-2H3. The number of fused-ring (bicyclic) bond motifs is 5. The van der Waals surface area contributed by atoms with E-state index in [9.17, 15) is 4.79 Å². The van der Waals surface area contributed by atoms with Crippen molar-refractivity contribution in [3.63, 3.8) is 0 Å². The van der Waals surface area contributed by atoms with E-state index in [2.05, 4.69) is 24.1 Å². The number of Topliss-reactive ketones (excluding diaryl/α,β-unsaturated/α-hetero) is 1. The summed E-state index contributed by atoms with van der Waals surface area (Å²) in [5.41, 5.74) is 1.77. The molecule has 0 aromatic carbocycles. The van der Waals surface area contributed by atoms with E-state index in [0.29, 0.717) is 12.3 Å². The molecule has 4 saturated carbocycles. The van der Waals surface area contributed by atoms with Gasteiger partial charge in [0.15, 0.2) is 5.78 Å². The third-order valence-corrected chi connectivity index (χ3v) is 10.1. The molecule has 0 radical (unpaired) electrons. The summed E-state index contributed by atoms with van der Waals surface area (Å²) in [7, 11) is 0. The van der Waals surface area contributed by atoms with E-state index in [1.807, 2.05) is 6.07 Å². The summed E-state index contributed by atoms with van der Waals surface area (Å²) < 4.78 is 0. The minimum atomic E-state index is 0.189. The van der Waals surface area contributed by atoms with Crippen molar-refractivity contribution >= 4 is 17.7 Å². The lowest BCUT2D eigenvalue weighted by Crippen LogP contribution is -2.49. The number of nitrogens with zero attached hydrogens (tertiary/aromatic N) is 1. The van der Waals surface area contributed by atoms with Crippen molar-refractivity contribution in [1.29, 1.82) is 5.41 Å². The molecule has 4 fully saturated rings. The largest absolute Gasteiger partial charge is 0.376 e. The van der Waals surface area contributed by atoms with Crippen LogP contribution in [0.3, 0.4) is 0 Å². The number of nitrogens with one attached hydrogen (secondary N) is 2. The predicted molar refractivity (Wildman–Crippen MR) is 125 cm³/mol. The van der Waals surface area contributed by atoms with Gasteiger partial charge >= 0.3 is 0 Å². The van der Waals surface area contributed by atoms with Crippen molar-refractivity contribution < 1.29 is 4.79 Å². The van der Waals surface area contributed by atoms with Crippen LogP contribution in [-0.4, -0.2) is 23.5 Å². The van der Waals surface area contributed by atoms with Gasteiger partial charge in [0.25, 0.3) is 0 Å². The minimum Gasteiger partial charge on any atom is -0.376 e. The normalized spacial score (nSPS) is 41.5. The Bertz CT molecular complexity index is 838. The van der Waals surface area contributed by atoms with Crippen molar-refractivity contribution in [3.05, 3.63) is 24.0 Å². The molecule has 2 N–H and O–H groups in total. The lowest BCUT2D eigenvalue weighted by atomic mass is 9.49. The SMILES string of the molecule is CC1CCC2C(CCC3C2CCC2(C)C(C(=O)CNc4cnccc4C=N)CCC32)C1. The highest BCUT2D eigenvalue weighted by Gasteiger charge is 2.58. The topological polar surface area (TPSA) is 65.8 Å². The van der Waals surface area contributed by atoms with Crippen LogP contribution in [0.25, 0.3) is 0 Å². The Balaban J connectivity index is 1.27. The second-order valence-corrected chi connectivity index (χ2v) is 11.5. The van der Waals surface area contributed by atoms with Crippen molar-refractivity contribution in [2.75, 3.05) is 11.9 Å². The van der Waals surface area contributed by atoms with Gasteiger partial charge in [-0.1, -0.05) is 20.3 Å². The molecule has 5 rings (SSSR count). The number of pyridine rings is 1. The summed E-state index contributed by atoms with van der Waals surface area (Å²) in [6.45, 7) is 5.26. The fourth-order valence-corrected chi connectivity index (χ4v) is 8.60. The van der Waals surface area contributed by atoms with Crippen LogP contribution in [0.4, 0.5) is 5.69 Å². The first-order valence-corrected chi connectivity index (χ1v) is 12.7. The number of hydrogen-bond donors (Lipinski definition) is 2. The molecule has 8 atom stereocenters. The number of anilines is 1. The predicted octanol–water partition coefficient (Wildman–Crippen LogP) is 5.97. The van der Waals surface area contributed by atoms with Gasteiger partial charge in [-0.3, -0.25) is 9.78 Å². The fourth-order valence-electron chi connectivity index (χ4n) is 8.60. The lowest BCUT2D eigenvalue weighted by Gasteiger charge is -2.56. The molecule has 4 aliphatic rings. The third-order valence-electron chi connectivity index (χ3n) is 10.1. The number of aromatic nitrogens is 1. The van der Waals surface area contributed by atoms with E-state index in [1.165, 1.54) is 57.6 Å². The van der Waals surface area contributed by atoms with E-state index < -0.39 is 0 Å². The first-order chi connectivity index (χ1) is 15.0. The molecular formula is C27H39N3O. The summed E-state index contributed by atoms with van der Waals surface area (Å²) in [4.78, 5) is 17.5. The van der Waals surface area contributed by atoms with Gasteiger partial charge in [-0.05, 0) is 98.4 Å². The maximum Gasteiger partial charge on any atom is 0.155 e. The maximum absolute atomic E-state index is 13.4. The molecule has 31 heavy (non-hydrogen) atoms. The second-order valence-electron chi connectivity index (χ2n) is 11.5. The summed E-state index contributed by atoms with van der Waals surface area (Å²) in [6, 6.07) is 1.82. The molecule has 0 amide bonds. The van der Waals surface area contributed by atoms with Gasteiger partial charge in [-0.15, -0.1) is 0 Å². The van der Waals surface area contributed by atoms with Gasteiger partial charge < -0.3 is 10.7 Å². The maximum atomic E-state index is 13.4. The molecule has 0 saturated heterocycles. The van der Waals surface area contributed by atoms with E-state index >= 15 is 0 Å². The Morgan fingerprint density at radius 1 is 1.16 bits per heavy atom. The third kappa shape index (κ3) is 3.64. The Morgan fingerprint density at radius 2 is 2.00 bits per heavy atom. The van der Waals surface area contributed by atoms with E-state index in [1.54, 1.807) is 12.4 Å². The van der Waals surface area contributed by atoms with E-state index in [4.69, 9.17) is 5.41 Å². The van der Waals surface area contributed by atoms with Crippen LogP contribution in [0.2, 0.25) is 0 Å². The minimum absolute atomic E-state index is 0.189. The van der Waals surface area contributed by atoms with Gasteiger partial charge in [0, 0.05) is 23.9 Å². The van der Waals surface area contributed by atoms with Crippen LogP contribution in [0.15, 0.2) is 18.5 Å². The van der Waals surface area contributed by atoms with Crippen LogP contribution in [0, 0.1) is 52.2 Å². The average Bonchev–Trinajstić information content (AvgIpc) is 3.14. The van der Waals surface area contributed by atoms with Crippen LogP contribution in [0.5, 0.6) is 0 Å². The highest BCUT2D eigenvalue weighted by molar-refractivity contribution is 5.89. The second kappa shape index (κ2) is 8.33. The monoisotopic (exact) mass is 421 g/mol. The van der Waals surface area contributed by atoms with Crippen molar-refractivity contribution in [2.24, 2.45) is 46.8 Å². The van der Waals surface area contributed by atoms with Crippen LogP contribution >= 0.6 is 0 Å². The number of hydrogen-bond acceptors (Lipinski definition) is 4. The van der Waals surface area contributed by atoms with Gasteiger partial charge in [0.2, 0.25) is 0 Å². The average molecular weight is 422 g/mol. The molecule has 1 aromatic rings. The van der Waals surface area contributed by atoms with E-state index in [0.717, 1.165) is 53.2 Å². The smallest absolute Gasteiger partial charge is 0.155 e. The highest BCUT2D eigenvalue weighted by Crippen LogP contribution is 2.64. The molecule has 0 aliphatic heterocycles. The molecule has 168 valence electrons. The molecule has 4 aliphatic carbocycles. The number of rotatable bonds is 5. The highest BCUT2D eigenvalue weighted by atomic mass is 16.1. The first kappa shape index (κ1) is 21.2. The van der Waals surface area contributed by atoms with Crippen molar-refractivity contribution in [1.82, 2.24) is 4.98 Å². The molecule has 8 unspecified atom stereocenters. The van der Waals surface area contributed by atoms with Crippen LogP contribution < -0.4 is 5.32 Å². The zero-order valence-electron chi connectivity index (χ0n) is 19.3. The molecule has 0 bridgehead atoms. The van der Waals surface area contributed by atoms with Crippen LogP contribution in [0.1, 0.15) is 77.2 Å². The van der Waals surface area contributed by atoms with Gasteiger partial charge in [0.05, 0.1) is 18.4 Å². The van der Waals surface area contributed by atoms with Crippen molar-refractivity contribution in [3.8, 4) is 0 Å². The molecule has 4 nitrogen and oxygen atoms in total. The summed E-state index contributed by atoms with van der Waals surface area (Å²) in [6.07, 6.45) is 16.9. The molecular weight excluding hydrogens is 382 g/mol. The van der Waals surface area contributed by atoms with Gasteiger partial charge in [-0.2, -0.15) is 0 Å². The fraction of sp³-hybridized carbons (Fsp3) is 0.741.